The average molecular weight is 272 g/mol. The summed E-state index contributed by atoms with van der Waals surface area (Å²) in [6, 6.07) is 5.72. The van der Waals surface area contributed by atoms with Gasteiger partial charge in [0.2, 0.25) is 11.8 Å². The fourth-order valence-corrected chi connectivity index (χ4v) is 2.21. The lowest BCUT2D eigenvalue weighted by Gasteiger charge is -2.04. The second-order valence-corrected chi connectivity index (χ2v) is 4.63. The van der Waals surface area contributed by atoms with Gasteiger partial charge in [-0.15, -0.1) is 0 Å². The Hall–Kier alpha value is -2.50. The van der Waals surface area contributed by atoms with Crippen molar-refractivity contribution in [1.29, 1.82) is 0 Å². The molecule has 0 fully saturated rings. The fourth-order valence-electron chi connectivity index (χ4n) is 2.21. The van der Waals surface area contributed by atoms with Crippen LogP contribution in [0.15, 0.2) is 22.6 Å². The Bertz CT molecular complexity index is 753. The van der Waals surface area contributed by atoms with Crippen molar-refractivity contribution in [3.63, 3.8) is 0 Å². The van der Waals surface area contributed by atoms with Crippen molar-refractivity contribution >= 4 is 17.0 Å². The van der Waals surface area contributed by atoms with Gasteiger partial charge in [0.25, 0.3) is 0 Å². The molecule has 0 unspecified atom stereocenters. The van der Waals surface area contributed by atoms with Gasteiger partial charge in [-0.05, 0) is 26.0 Å². The number of fused-ring (bicyclic) bond motifs is 1. The maximum Gasteiger partial charge on any atom is 0.214 e. The molecule has 20 heavy (non-hydrogen) atoms. The van der Waals surface area contributed by atoms with Crippen molar-refractivity contribution in [1.82, 2.24) is 14.5 Å². The molecule has 2 aromatic heterocycles. The van der Waals surface area contributed by atoms with Gasteiger partial charge in [0.1, 0.15) is 23.6 Å². The van der Waals surface area contributed by atoms with Crippen LogP contribution in [0.4, 0.5) is 5.95 Å². The van der Waals surface area contributed by atoms with Crippen LogP contribution in [0.2, 0.25) is 0 Å². The van der Waals surface area contributed by atoms with E-state index in [-0.39, 0.29) is 0 Å². The lowest BCUT2D eigenvalue weighted by Crippen LogP contribution is -2.04. The van der Waals surface area contributed by atoms with Crippen LogP contribution >= 0.6 is 0 Å². The van der Waals surface area contributed by atoms with Gasteiger partial charge in [0, 0.05) is 0 Å². The van der Waals surface area contributed by atoms with Crippen LogP contribution in [0.5, 0.6) is 5.75 Å². The predicted octanol–water partition coefficient (Wildman–Crippen LogP) is 2.28. The van der Waals surface area contributed by atoms with E-state index in [1.54, 1.807) is 7.11 Å². The van der Waals surface area contributed by atoms with E-state index in [2.05, 4.69) is 9.97 Å². The molecular weight excluding hydrogens is 256 g/mol. The number of aryl methyl sites for hydroxylation is 2. The molecule has 0 saturated carbocycles. The van der Waals surface area contributed by atoms with E-state index >= 15 is 0 Å². The second-order valence-electron chi connectivity index (χ2n) is 4.63. The van der Waals surface area contributed by atoms with E-state index in [1.807, 2.05) is 36.6 Å². The molecule has 1 aromatic carbocycles. The molecule has 104 valence electrons. The highest BCUT2D eigenvalue weighted by Gasteiger charge is 2.14. The summed E-state index contributed by atoms with van der Waals surface area (Å²) in [6.07, 6.45) is 0. The number of imidazole rings is 1. The van der Waals surface area contributed by atoms with Gasteiger partial charge in [-0.3, -0.25) is 0 Å². The number of nitrogens with zero attached hydrogens (tertiary/aromatic N) is 3. The molecule has 6 nitrogen and oxygen atoms in total. The number of anilines is 1. The summed E-state index contributed by atoms with van der Waals surface area (Å²) >= 11 is 0. The van der Waals surface area contributed by atoms with Gasteiger partial charge in [-0.2, -0.15) is 0 Å². The van der Waals surface area contributed by atoms with Gasteiger partial charge in [-0.25, -0.2) is 9.97 Å². The molecule has 6 heteroatoms. The van der Waals surface area contributed by atoms with Crippen molar-refractivity contribution in [2.24, 2.45) is 0 Å². The van der Waals surface area contributed by atoms with Crippen molar-refractivity contribution in [3.05, 3.63) is 35.5 Å². The standard InChI is InChI=1S/C14H16N4O2/c1-8-9(2)20-12(16-8)7-18-10-5-4-6-11(19-3)13(10)17-14(18)15/h4-6H,7H2,1-3H3,(H2,15,17). The lowest BCUT2D eigenvalue weighted by molar-refractivity contribution is 0.419. The maximum atomic E-state index is 6.00. The smallest absolute Gasteiger partial charge is 0.214 e. The molecular formula is C14H16N4O2. The van der Waals surface area contributed by atoms with E-state index in [9.17, 15) is 0 Å². The fraction of sp³-hybridized carbons (Fsp3) is 0.286. The lowest BCUT2D eigenvalue weighted by atomic mass is 10.3. The number of hydrogen-bond acceptors (Lipinski definition) is 5. The SMILES string of the molecule is COc1cccc2c1nc(N)n2Cc1nc(C)c(C)o1. The predicted molar refractivity (Wildman–Crippen MR) is 75.8 cm³/mol. The van der Waals surface area contributed by atoms with E-state index in [0.717, 1.165) is 22.5 Å². The summed E-state index contributed by atoms with van der Waals surface area (Å²) in [7, 11) is 1.62. The summed E-state index contributed by atoms with van der Waals surface area (Å²) in [5, 5.41) is 0. The highest BCUT2D eigenvalue weighted by molar-refractivity contribution is 5.84. The van der Waals surface area contributed by atoms with Crippen LogP contribution in [-0.2, 0) is 6.54 Å². The highest BCUT2D eigenvalue weighted by Crippen LogP contribution is 2.27. The number of oxazole rings is 1. The number of ether oxygens (including phenoxy) is 1. The topological polar surface area (TPSA) is 79.1 Å². The molecule has 0 aliphatic carbocycles. The monoisotopic (exact) mass is 272 g/mol. The summed E-state index contributed by atoms with van der Waals surface area (Å²) in [4.78, 5) is 8.73. The van der Waals surface area contributed by atoms with Crippen LogP contribution in [0.3, 0.4) is 0 Å². The zero-order chi connectivity index (χ0) is 14.3. The third-order valence-corrected chi connectivity index (χ3v) is 3.36. The van der Waals surface area contributed by atoms with Crippen LogP contribution in [0.25, 0.3) is 11.0 Å². The van der Waals surface area contributed by atoms with E-state index in [0.29, 0.717) is 24.1 Å². The Labute approximate surface area is 116 Å². The molecule has 0 bridgehead atoms. The molecule has 2 N–H and O–H groups in total. The Morgan fingerprint density at radius 2 is 2.10 bits per heavy atom. The summed E-state index contributed by atoms with van der Waals surface area (Å²) in [6.45, 7) is 4.26. The molecule has 0 aliphatic heterocycles. The first-order chi connectivity index (χ1) is 9.60. The molecule has 0 atom stereocenters. The van der Waals surface area contributed by atoms with Gasteiger partial charge < -0.3 is 19.5 Å². The average Bonchev–Trinajstić information content (AvgIpc) is 2.91. The Kier molecular flexibility index (Phi) is 2.85. The number of hydrogen-bond donors (Lipinski definition) is 1. The number of benzene rings is 1. The molecule has 0 amide bonds. The number of nitrogens with two attached hydrogens (primary N) is 1. The van der Waals surface area contributed by atoms with Crippen LogP contribution in [0.1, 0.15) is 17.3 Å². The quantitative estimate of drug-likeness (QED) is 0.791. The summed E-state index contributed by atoms with van der Waals surface area (Å²) in [5.74, 6) is 2.56. The van der Waals surface area contributed by atoms with Crippen molar-refractivity contribution in [2.45, 2.75) is 20.4 Å². The van der Waals surface area contributed by atoms with Gasteiger partial charge in [-0.1, -0.05) is 6.07 Å². The minimum absolute atomic E-state index is 0.415. The first kappa shape index (κ1) is 12.5. The first-order valence-corrected chi connectivity index (χ1v) is 6.31. The summed E-state index contributed by atoms with van der Waals surface area (Å²) < 4.78 is 12.8. The van der Waals surface area contributed by atoms with Crippen molar-refractivity contribution in [2.75, 3.05) is 12.8 Å². The summed E-state index contributed by atoms with van der Waals surface area (Å²) in [5.41, 5.74) is 8.53. The molecule has 0 radical (unpaired) electrons. The number of para-hydroxylation sites is 1. The van der Waals surface area contributed by atoms with Crippen molar-refractivity contribution in [3.8, 4) is 5.75 Å². The Balaban J connectivity index is 2.09. The number of nitrogen functional groups attached to an aromatic ring is 1. The van der Waals surface area contributed by atoms with Gasteiger partial charge >= 0.3 is 0 Å². The molecule has 0 aliphatic rings. The number of methoxy groups -OCH3 is 1. The zero-order valence-electron chi connectivity index (χ0n) is 11.7. The van der Waals surface area contributed by atoms with Crippen LogP contribution in [0, 0.1) is 13.8 Å². The minimum Gasteiger partial charge on any atom is -0.494 e. The Morgan fingerprint density at radius 3 is 2.75 bits per heavy atom. The Morgan fingerprint density at radius 1 is 1.30 bits per heavy atom. The first-order valence-electron chi connectivity index (χ1n) is 6.31. The van der Waals surface area contributed by atoms with Crippen LogP contribution < -0.4 is 10.5 Å². The third-order valence-electron chi connectivity index (χ3n) is 3.36. The van der Waals surface area contributed by atoms with Crippen LogP contribution in [-0.4, -0.2) is 21.6 Å². The molecule has 3 rings (SSSR count). The number of aromatic nitrogens is 3. The maximum absolute atomic E-state index is 6.00. The molecule has 3 aromatic rings. The normalized spacial score (nSPS) is 11.2. The largest absolute Gasteiger partial charge is 0.494 e. The molecule has 0 spiro atoms. The third kappa shape index (κ3) is 1.89. The van der Waals surface area contributed by atoms with Crippen molar-refractivity contribution < 1.29 is 9.15 Å². The van der Waals surface area contributed by atoms with Gasteiger partial charge in [0.05, 0.1) is 18.3 Å². The van der Waals surface area contributed by atoms with E-state index in [1.165, 1.54) is 0 Å². The second kappa shape index (κ2) is 4.56. The van der Waals surface area contributed by atoms with Gasteiger partial charge in [0.15, 0.2) is 0 Å². The highest BCUT2D eigenvalue weighted by atomic mass is 16.5. The number of rotatable bonds is 3. The molecule has 2 heterocycles. The van der Waals surface area contributed by atoms with E-state index < -0.39 is 0 Å². The molecule has 0 saturated heterocycles. The van der Waals surface area contributed by atoms with E-state index in [4.69, 9.17) is 14.9 Å². The minimum atomic E-state index is 0.415. The zero-order valence-corrected chi connectivity index (χ0v) is 11.7.